The van der Waals surface area contributed by atoms with Crippen LogP contribution in [0.3, 0.4) is 0 Å². The number of benzene rings is 1. The van der Waals surface area contributed by atoms with Crippen LogP contribution in [0, 0.1) is 0 Å². The van der Waals surface area contributed by atoms with Gasteiger partial charge in [-0.05, 0) is 39.7 Å². The monoisotopic (exact) mass is 463 g/mol. The molecule has 4 rings (SSSR count). The molecule has 2 aliphatic rings. The Bertz CT molecular complexity index is 1330. The highest BCUT2D eigenvalue weighted by atomic mass is 28.3. The van der Waals surface area contributed by atoms with Gasteiger partial charge in [0, 0.05) is 49.1 Å². The van der Waals surface area contributed by atoms with Crippen LogP contribution >= 0.6 is 0 Å². The summed E-state index contributed by atoms with van der Waals surface area (Å²) in [6.07, 6.45) is 6.18. The Morgan fingerprint density at radius 3 is 2.27 bits per heavy atom. The van der Waals surface area contributed by atoms with Crippen molar-refractivity contribution in [3.8, 4) is 0 Å². The summed E-state index contributed by atoms with van der Waals surface area (Å²) in [5, 5.41) is 21.6. The third-order valence-electron chi connectivity index (χ3n) is 6.33. The molecule has 2 aromatic rings. The fourth-order valence-corrected chi connectivity index (χ4v) is 7.58. The van der Waals surface area contributed by atoms with Crippen LogP contribution in [0.25, 0.3) is 5.57 Å². The fourth-order valence-electron chi connectivity index (χ4n) is 4.51. The average molecular weight is 464 g/mol. The molecule has 0 saturated heterocycles. The van der Waals surface area contributed by atoms with Gasteiger partial charge in [0.05, 0.1) is 0 Å². The van der Waals surface area contributed by atoms with Gasteiger partial charge in [-0.25, -0.2) is 14.2 Å². The predicted octanol–water partition coefficient (Wildman–Crippen LogP) is 3.22. The normalized spacial score (nSPS) is 16.2. The van der Waals surface area contributed by atoms with Crippen LogP contribution in [0.5, 0.6) is 0 Å². The van der Waals surface area contributed by atoms with Crippen LogP contribution in [0.15, 0.2) is 57.7 Å². The molecule has 0 bridgehead atoms. The highest BCUT2D eigenvalue weighted by Gasteiger charge is 2.41. The number of hydrogen-bond acceptors (Lipinski definition) is 4. The van der Waals surface area contributed by atoms with Crippen molar-refractivity contribution in [3.63, 3.8) is 0 Å². The summed E-state index contributed by atoms with van der Waals surface area (Å²) in [5.41, 5.74) is 4.92. The SMILES string of the molecule is CN(C)c1ccc2c(c1)[Si](C)(C)C1=CC(=[N+](C)C)C=CC1=C2c1cc(C(=O)O)oc1C(=O)O. The number of allylic oxidation sites excluding steroid dienone is 5. The average Bonchev–Trinajstić information content (AvgIpc) is 3.19. The predicted molar refractivity (Wildman–Crippen MR) is 131 cm³/mol. The van der Waals surface area contributed by atoms with Gasteiger partial charge in [-0.1, -0.05) is 19.2 Å². The molecule has 0 radical (unpaired) electrons. The molecule has 0 amide bonds. The number of anilines is 1. The van der Waals surface area contributed by atoms with Gasteiger partial charge in [0.25, 0.3) is 0 Å². The maximum atomic E-state index is 12.0. The van der Waals surface area contributed by atoms with Gasteiger partial charge < -0.3 is 19.5 Å². The molecule has 0 spiro atoms. The number of furan rings is 1. The molecule has 0 unspecified atom stereocenters. The number of aromatic carboxylic acids is 2. The number of carbonyl (C=O) groups is 2. The number of carboxylic acids is 2. The summed E-state index contributed by atoms with van der Waals surface area (Å²) in [6, 6.07) is 7.51. The molecule has 1 aliphatic heterocycles. The van der Waals surface area contributed by atoms with E-state index in [9.17, 15) is 19.8 Å². The van der Waals surface area contributed by atoms with Crippen molar-refractivity contribution in [2.45, 2.75) is 13.1 Å². The Labute approximate surface area is 193 Å². The Kier molecular flexibility index (Phi) is 5.28. The number of fused-ring (bicyclic) bond motifs is 2. The van der Waals surface area contributed by atoms with Gasteiger partial charge in [0.2, 0.25) is 11.5 Å². The van der Waals surface area contributed by atoms with Gasteiger partial charge in [-0.15, -0.1) is 0 Å². The third-order valence-corrected chi connectivity index (χ3v) is 9.85. The van der Waals surface area contributed by atoms with E-state index >= 15 is 0 Å². The molecular formula is C25H27N2O5Si+. The number of nitrogens with zero attached hydrogens (tertiary/aromatic N) is 2. The molecule has 1 aromatic heterocycles. The highest BCUT2D eigenvalue weighted by Crippen LogP contribution is 2.43. The largest absolute Gasteiger partial charge is 0.475 e. The van der Waals surface area contributed by atoms with Crippen LogP contribution in [0.1, 0.15) is 32.2 Å². The summed E-state index contributed by atoms with van der Waals surface area (Å²) in [6.45, 7) is 4.58. The van der Waals surface area contributed by atoms with Crippen molar-refractivity contribution >= 4 is 42.2 Å². The molecule has 0 fully saturated rings. The first-order valence-electron chi connectivity index (χ1n) is 10.6. The van der Waals surface area contributed by atoms with E-state index in [1.165, 1.54) is 16.4 Å². The first kappa shape index (κ1) is 22.5. The minimum Gasteiger partial charge on any atom is -0.475 e. The molecule has 1 aromatic carbocycles. The zero-order chi connectivity index (χ0) is 24.2. The van der Waals surface area contributed by atoms with Crippen molar-refractivity contribution in [1.29, 1.82) is 0 Å². The van der Waals surface area contributed by atoms with E-state index in [0.29, 0.717) is 5.57 Å². The number of rotatable bonds is 4. The lowest BCUT2D eigenvalue weighted by Crippen LogP contribution is -2.49. The first-order chi connectivity index (χ1) is 15.4. The number of hydrogen-bond donors (Lipinski definition) is 2. The van der Waals surface area contributed by atoms with E-state index in [2.05, 4.69) is 25.2 Å². The Hall–Kier alpha value is -3.65. The van der Waals surface area contributed by atoms with Gasteiger partial charge in [-0.3, -0.25) is 0 Å². The first-order valence-corrected chi connectivity index (χ1v) is 13.6. The second-order valence-corrected chi connectivity index (χ2v) is 13.5. The van der Waals surface area contributed by atoms with Crippen molar-refractivity contribution in [2.24, 2.45) is 0 Å². The van der Waals surface area contributed by atoms with Crippen molar-refractivity contribution in [1.82, 2.24) is 0 Å². The lowest BCUT2D eigenvalue weighted by Gasteiger charge is -2.37. The van der Waals surface area contributed by atoms with Gasteiger partial charge >= 0.3 is 11.9 Å². The van der Waals surface area contributed by atoms with E-state index in [-0.39, 0.29) is 11.3 Å². The molecule has 2 N–H and O–H groups in total. The maximum Gasteiger partial charge on any atom is 0.372 e. The van der Waals surface area contributed by atoms with E-state index in [1.54, 1.807) is 0 Å². The van der Waals surface area contributed by atoms with E-state index in [1.807, 2.05) is 62.0 Å². The van der Waals surface area contributed by atoms with Crippen LogP contribution < -0.4 is 10.1 Å². The quantitative estimate of drug-likeness (QED) is 0.534. The Morgan fingerprint density at radius 1 is 1.00 bits per heavy atom. The molecule has 0 saturated carbocycles. The molecule has 7 nitrogen and oxygen atoms in total. The second-order valence-electron chi connectivity index (χ2n) is 9.21. The topological polar surface area (TPSA) is 94.0 Å². The van der Waals surface area contributed by atoms with Gasteiger partial charge in [-0.2, -0.15) is 0 Å². The third kappa shape index (κ3) is 3.56. The molecular weight excluding hydrogens is 436 g/mol. The molecule has 0 atom stereocenters. The molecule has 8 heteroatoms. The fraction of sp³-hybridized carbons (Fsp3) is 0.240. The van der Waals surface area contributed by atoms with E-state index in [4.69, 9.17) is 4.42 Å². The molecule has 170 valence electrons. The lowest BCUT2D eigenvalue weighted by molar-refractivity contribution is -0.462. The standard InChI is InChI=1S/C25H26N2O5Si/c1-26(2)14-7-9-16-20(11-14)33(5,6)21-12-15(27(3)4)8-10-17(21)22(16)18-13-19(24(28)29)32-23(18)25(30)31/h7-13H,1-6H3,(H-,28,29,30,31)/p+1. The van der Waals surface area contributed by atoms with Crippen LogP contribution in [0.4, 0.5) is 5.69 Å². The lowest BCUT2D eigenvalue weighted by atomic mass is 9.89. The smallest absolute Gasteiger partial charge is 0.372 e. The van der Waals surface area contributed by atoms with Crippen LogP contribution in [-0.4, -0.2) is 68.7 Å². The molecule has 2 heterocycles. The van der Waals surface area contributed by atoms with Crippen molar-refractivity contribution < 1.29 is 28.8 Å². The summed E-state index contributed by atoms with van der Waals surface area (Å²) < 4.78 is 7.31. The molecule has 33 heavy (non-hydrogen) atoms. The summed E-state index contributed by atoms with van der Waals surface area (Å²) in [5.74, 6) is -3.37. The van der Waals surface area contributed by atoms with Gasteiger partial charge in [0.15, 0.2) is 5.71 Å². The van der Waals surface area contributed by atoms with Crippen LogP contribution in [0.2, 0.25) is 13.1 Å². The van der Waals surface area contributed by atoms with E-state index < -0.39 is 25.8 Å². The van der Waals surface area contributed by atoms with Crippen molar-refractivity contribution in [3.05, 3.63) is 75.9 Å². The van der Waals surface area contributed by atoms with Crippen molar-refractivity contribution in [2.75, 3.05) is 33.1 Å². The Balaban J connectivity index is 2.14. The summed E-state index contributed by atoms with van der Waals surface area (Å²) >= 11 is 0. The minimum absolute atomic E-state index is 0.280. The highest BCUT2D eigenvalue weighted by molar-refractivity contribution is 6.98. The van der Waals surface area contributed by atoms with E-state index in [0.717, 1.165) is 22.5 Å². The van der Waals surface area contributed by atoms with Gasteiger partial charge in [0.1, 0.15) is 22.2 Å². The van der Waals surface area contributed by atoms with Crippen LogP contribution in [-0.2, 0) is 0 Å². The second kappa shape index (κ2) is 7.74. The summed E-state index contributed by atoms with van der Waals surface area (Å²) in [4.78, 5) is 25.7. The molecule has 1 aliphatic carbocycles. The maximum absolute atomic E-state index is 12.0. The summed E-state index contributed by atoms with van der Waals surface area (Å²) in [7, 11) is 5.75. The minimum atomic E-state index is -2.19. The number of carboxylic acid groups (broad SMARTS) is 2. The zero-order valence-corrected chi connectivity index (χ0v) is 20.6. The Morgan fingerprint density at radius 2 is 1.70 bits per heavy atom. The zero-order valence-electron chi connectivity index (χ0n) is 19.6.